The van der Waals surface area contributed by atoms with Crippen molar-refractivity contribution in [3.8, 4) is 0 Å². The molecule has 0 amide bonds. The average Bonchev–Trinajstić information content (AvgIpc) is 2.57. The number of hydrogen-bond acceptors (Lipinski definition) is 5. The molecule has 0 fully saturated rings. The van der Waals surface area contributed by atoms with Crippen molar-refractivity contribution >= 4 is 17.6 Å². The van der Waals surface area contributed by atoms with Gasteiger partial charge in [-0.2, -0.15) is 0 Å². The van der Waals surface area contributed by atoms with E-state index in [0.29, 0.717) is 12.0 Å². The van der Waals surface area contributed by atoms with Crippen molar-refractivity contribution in [3.63, 3.8) is 0 Å². The Morgan fingerprint density at radius 1 is 1.57 bits per heavy atom. The van der Waals surface area contributed by atoms with E-state index in [-0.39, 0.29) is 5.92 Å². The van der Waals surface area contributed by atoms with Crippen LogP contribution in [-0.2, 0) is 0 Å². The Bertz CT molecular complexity index is 404. The lowest BCUT2D eigenvalue weighted by Crippen LogP contribution is -2.41. The molecule has 2 aliphatic rings. The molecule has 0 aromatic carbocycles. The van der Waals surface area contributed by atoms with Crippen molar-refractivity contribution in [2.24, 2.45) is 10.7 Å². The largest absolute Gasteiger partial charge is 0.387 e. The average molecular weight is 206 g/mol. The van der Waals surface area contributed by atoms with Crippen LogP contribution in [0.4, 0.5) is 0 Å². The van der Waals surface area contributed by atoms with E-state index < -0.39 is 0 Å². The molecule has 2 unspecified atom stereocenters. The Morgan fingerprint density at radius 2 is 2.50 bits per heavy atom. The highest BCUT2D eigenvalue weighted by Gasteiger charge is 2.37. The third-order valence-corrected chi connectivity index (χ3v) is 3.87. The number of rotatable bonds is 0. The molecule has 3 heterocycles. The number of aromatic nitrogens is 1. The van der Waals surface area contributed by atoms with Gasteiger partial charge in [0.1, 0.15) is 5.84 Å². The van der Waals surface area contributed by atoms with Crippen LogP contribution < -0.4 is 11.1 Å². The Labute approximate surface area is 86.0 Å². The lowest BCUT2D eigenvalue weighted by molar-refractivity contribution is 0.606. The normalized spacial score (nSPS) is 29.3. The van der Waals surface area contributed by atoms with Gasteiger partial charge >= 0.3 is 0 Å². The summed E-state index contributed by atoms with van der Waals surface area (Å²) >= 11 is 1.79. The zero-order chi connectivity index (χ0) is 9.54. The fraction of sp³-hybridized carbons (Fsp3) is 0.333. The molecule has 0 spiro atoms. The minimum absolute atomic E-state index is 0.228. The second-order valence-electron chi connectivity index (χ2n) is 3.37. The van der Waals surface area contributed by atoms with Crippen molar-refractivity contribution < 1.29 is 0 Å². The summed E-state index contributed by atoms with van der Waals surface area (Å²) in [5.41, 5.74) is 7.16. The summed E-state index contributed by atoms with van der Waals surface area (Å²) in [6, 6.07) is 2.03. The van der Waals surface area contributed by atoms with E-state index in [9.17, 15) is 0 Å². The predicted molar refractivity (Wildman–Crippen MR) is 56.2 cm³/mol. The standard InChI is InChI=1S/C9H10N4S/c10-8-7-5-1-2-11-3-6(5)14-9(7)13-4-12-8/h1-3,7,9,13H,4H2,(H2,10,12). The molecule has 0 radical (unpaired) electrons. The fourth-order valence-electron chi connectivity index (χ4n) is 1.91. The van der Waals surface area contributed by atoms with Crippen LogP contribution in [0.25, 0.3) is 0 Å². The molecular formula is C9H10N4S. The van der Waals surface area contributed by atoms with Crippen LogP contribution in [0.3, 0.4) is 0 Å². The summed E-state index contributed by atoms with van der Waals surface area (Å²) in [5.74, 6) is 0.970. The van der Waals surface area contributed by atoms with E-state index in [0.717, 1.165) is 5.84 Å². The van der Waals surface area contributed by atoms with Gasteiger partial charge in [-0.05, 0) is 11.6 Å². The number of amidine groups is 1. The Balaban J connectivity index is 2.11. The number of nitrogens with two attached hydrogens (primary N) is 1. The topological polar surface area (TPSA) is 63.3 Å². The van der Waals surface area contributed by atoms with Gasteiger partial charge in [-0.25, -0.2) is 0 Å². The molecule has 0 aliphatic carbocycles. The maximum atomic E-state index is 5.91. The minimum Gasteiger partial charge on any atom is -0.387 e. The van der Waals surface area contributed by atoms with Crippen LogP contribution in [0.5, 0.6) is 0 Å². The van der Waals surface area contributed by atoms with Crippen LogP contribution in [0.2, 0.25) is 0 Å². The first kappa shape index (κ1) is 8.26. The molecule has 0 saturated carbocycles. The summed E-state index contributed by atoms with van der Waals surface area (Å²) in [6.45, 7) is 0.626. The second-order valence-corrected chi connectivity index (χ2v) is 4.56. The highest BCUT2D eigenvalue weighted by molar-refractivity contribution is 8.00. The first-order valence-corrected chi connectivity index (χ1v) is 5.38. The summed E-state index contributed by atoms with van der Waals surface area (Å²) in [7, 11) is 0. The first-order chi connectivity index (χ1) is 6.86. The molecular weight excluding hydrogens is 196 g/mol. The van der Waals surface area contributed by atoms with Gasteiger partial charge in [0.15, 0.2) is 0 Å². The molecule has 4 nitrogen and oxygen atoms in total. The monoisotopic (exact) mass is 206 g/mol. The van der Waals surface area contributed by atoms with Crippen LogP contribution in [0, 0.1) is 0 Å². The number of pyridine rings is 1. The van der Waals surface area contributed by atoms with E-state index in [1.165, 1.54) is 10.5 Å². The van der Waals surface area contributed by atoms with Gasteiger partial charge in [0.25, 0.3) is 0 Å². The second kappa shape index (κ2) is 2.96. The van der Waals surface area contributed by atoms with Crippen LogP contribution in [0.1, 0.15) is 11.5 Å². The van der Waals surface area contributed by atoms with Crippen LogP contribution >= 0.6 is 11.8 Å². The number of thioether (sulfide) groups is 1. The molecule has 0 bridgehead atoms. The summed E-state index contributed by atoms with van der Waals surface area (Å²) < 4.78 is 0. The molecule has 1 aromatic heterocycles. The van der Waals surface area contributed by atoms with Gasteiger partial charge in [-0.15, -0.1) is 11.8 Å². The number of aliphatic imine (C=N–C) groups is 1. The van der Waals surface area contributed by atoms with Crippen molar-refractivity contribution in [1.29, 1.82) is 0 Å². The zero-order valence-electron chi connectivity index (χ0n) is 7.47. The lowest BCUT2D eigenvalue weighted by Gasteiger charge is -2.24. The van der Waals surface area contributed by atoms with E-state index in [4.69, 9.17) is 5.73 Å². The van der Waals surface area contributed by atoms with E-state index >= 15 is 0 Å². The Hall–Kier alpha value is -1.07. The first-order valence-electron chi connectivity index (χ1n) is 4.50. The third kappa shape index (κ3) is 1.06. The van der Waals surface area contributed by atoms with Gasteiger partial charge < -0.3 is 5.73 Å². The molecule has 2 atom stereocenters. The molecule has 3 rings (SSSR count). The number of fused-ring (bicyclic) bond motifs is 3. The smallest absolute Gasteiger partial charge is 0.105 e. The van der Waals surface area contributed by atoms with Crippen molar-refractivity contribution in [1.82, 2.24) is 10.3 Å². The number of hydrogen-bond donors (Lipinski definition) is 2. The van der Waals surface area contributed by atoms with E-state index in [1.807, 2.05) is 18.5 Å². The minimum atomic E-state index is 0.228. The van der Waals surface area contributed by atoms with Crippen molar-refractivity contribution in [3.05, 3.63) is 24.0 Å². The molecule has 2 aliphatic heterocycles. The lowest BCUT2D eigenvalue weighted by atomic mass is 9.98. The molecule has 0 saturated heterocycles. The number of nitrogens with one attached hydrogen (secondary N) is 1. The van der Waals surface area contributed by atoms with E-state index in [2.05, 4.69) is 15.3 Å². The summed E-state index contributed by atoms with van der Waals surface area (Å²) in [5, 5.41) is 3.67. The third-order valence-electron chi connectivity index (χ3n) is 2.58. The number of nitrogens with zero attached hydrogens (tertiary/aromatic N) is 2. The van der Waals surface area contributed by atoms with Gasteiger partial charge in [0, 0.05) is 17.3 Å². The van der Waals surface area contributed by atoms with Gasteiger partial charge in [-0.1, -0.05) is 0 Å². The molecule has 1 aromatic rings. The van der Waals surface area contributed by atoms with E-state index in [1.54, 1.807) is 11.8 Å². The fourth-order valence-corrected chi connectivity index (χ4v) is 3.22. The van der Waals surface area contributed by atoms with Crippen LogP contribution in [-0.4, -0.2) is 22.9 Å². The quantitative estimate of drug-likeness (QED) is 0.649. The highest BCUT2D eigenvalue weighted by atomic mass is 32.2. The van der Waals surface area contributed by atoms with Gasteiger partial charge in [0.2, 0.25) is 0 Å². The van der Waals surface area contributed by atoms with Crippen LogP contribution in [0.15, 0.2) is 28.3 Å². The Morgan fingerprint density at radius 3 is 3.43 bits per heavy atom. The van der Waals surface area contributed by atoms with Gasteiger partial charge in [-0.3, -0.25) is 15.3 Å². The van der Waals surface area contributed by atoms with Crippen molar-refractivity contribution in [2.45, 2.75) is 16.2 Å². The maximum absolute atomic E-state index is 5.91. The molecule has 14 heavy (non-hydrogen) atoms. The highest BCUT2D eigenvalue weighted by Crippen LogP contribution is 2.44. The summed E-state index contributed by atoms with van der Waals surface area (Å²) in [6.07, 6.45) is 3.71. The zero-order valence-corrected chi connectivity index (χ0v) is 8.29. The SMILES string of the molecule is NC1=NCNC2Sc3cnccc3C12. The predicted octanol–water partition coefficient (Wildman–Crippen LogP) is 0.515. The summed E-state index contributed by atoms with van der Waals surface area (Å²) in [4.78, 5) is 9.55. The maximum Gasteiger partial charge on any atom is 0.105 e. The van der Waals surface area contributed by atoms with Crippen molar-refractivity contribution in [2.75, 3.05) is 6.67 Å². The Kier molecular flexibility index (Phi) is 1.75. The molecule has 72 valence electrons. The molecule has 5 heteroatoms. The molecule has 3 N–H and O–H groups in total. The van der Waals surface area contributed by atoms with Gasteiger partial charge in [0.05, 0.1) is 18.0 Å².